The first-order chi connectivity index (χ1) is 32.6. The summed E-state index contributed by atoms with van der Waals surface area (Å²) in [5.74, 6) is 1.57. The molecule has 0 unspecified atom stereocenters. The molecule has 4 heterocycles. The van der Waals surface area contributed by atoms with Gasteiger partial charge in [-0.15, -0.1) is 15.0 Å². The first-order valence-electron chi connectivity index (χ1n) is 21.8. The van der Waals surface area contributed by atoms with Gasteiger partial charge in [-0.1, -0.05) is 109 Å². The van der Waals surface area contributed by atoms with Gasteiger partial charge in [0, 0.05) is 50.3 Å². The average Bonchev–Trinajstić information content (AvgIpc) is 3.35. The van der Waals surface area contributed by atoms with Gasteiger partial charge in [0.05, 0.1) is 0 Å². The maximum atomic E-state index is 6.44. The Kier molecular flexibility index (Phi) is 8.73. The second kappa shape index (κ2) is 15.3. The monoisotopic (exact) mass is 861 g/mol. The molecular formula is C54H39N9O3. The second-order valence-electron chi connectivity index (χ2n) is 16.5. The number of benzene rings is 9. The molecule has 3 aliphatic heterocycles. The fourth-order valence-electron chi connectivity index (χ4n) is 9.33. The van der Waals surface area contributed by atoms with Crippen molar-refractivity contribution >= 4 is 66.4 Å². The van der Waals surface area contributed by atoms with Crippen LogP contribution in [-0.4, -0.2) is 15.0 Å². The van der Waals surface area contributed by atoms with E-state index in [0.29, 0.717) is 17.2 Å². The van der Waals surface area contributed by atoms with Crippen molar-refractivity contribution in [2.75, 3.05) is 31.9 Å². The number of anilines is 6. The molecule has 1 aromatic heterocycles. The minimum atomic E-state index is -0.214. The van der Waals surface area contributed by atoms with Crippen LogP contribution in [0.3, 0.4) is 0 Å². The van der Waals surface area contributed by atoms with Gasteiger partial charge in [-0.05, 0) is 106 Å². The van der Waals surface area contributed by atoms with Gasteiger partial charge in [0.2, 0.25) is 0 Å². The highest BCUT2D eigenvalue weighted by atomic mass is 16.5. The van der Waals surface area contributed by atoms with Crippen molar-refractivity contribution in [2.45, 2.75) is 18.5 Å². The Morgan fingerprint density at radius 3 is 0.788 bits per heavy atom. The predicted octanol–water partition coefficient (Wildman–Crippen LogP) is 13.3. The largest absolute Gasteiger partial charge is 0.424 e. The quantitative estimate of drug-likeness (QED) is 0.0823. The summed E-state index contributed by atoms with van der Waals surface area (Å²) in [6.45, 7) is 0. The maximum Gasteiger partial charge on any atom is 0.331 e. The minimum Gasteiger partial charge on any atom is -0.424 e. The van der Waals surface area contributed by atoms with Gasteiger partial charge in [-0.2, -0.15) is 0 Å². The summed E-state index contributed by atoms with van der Waals surface area (Å²) in [5.41, 5.74) is 9.22. The molecule has 66 heavy (non-hydrogen) atoms. The van der Waals surface area contributed by atoms with E-state index in [2.05, 4.69) is 156 Å². The zero-order valence-electron chi connectivity index (χ0n) is 35.1. The number of aromatic nitrogens is 3. The zero-order chi connectivity index (χ0) is 43.6. The summed E-state index contributed by atoms with van der Waals surface area (Å²) < 4.78 is 19.3. The van der Waals surface area contributed by atoms with Crippen molar-refractivity contribution in [3.63, 3.8) is 0 Å². The molecule has 0 bridgehead atoms. The Bertz CT molecular complexity index is 3040. The van der Waals surface area contributed by atoms with Crippen LogP contribution in [0.1, 0.15) is 35.2 Å². The molecule has 10 aromatic rings. The fraction of sp³-hybridized carbons (Fsp3) is 0.0556. The molecule has 9 aromatic carbocycles. The number of hydrogen-bond donors (Lipinski definition) is 6. The van der Waals surface area contributed by atoms with E-state index in [1.807, 2.05) is 72.8 Å². The van der Waals surface area contributed by atoms with E-state index in [9.17, 15) is 0 Å². The van der Waals surface area contributed by atoms with Crippen LogP contribution in [0.25, 0.3) is 32.3 Å². The number of ether oxygens (including phenoxy) is 3. The van der Waals surface area contributed by atoms with Crippen LogP contribution in [0.2, 0.25) is 0 Å². The van der Waals surface area contributed by atoms with Gasteiger partial charge in [-0.3, -0.25) is 0 Å². The van der Waals surface area contributed by atoms with Gasteiger partial charge in [0.1, 0.15) is 35.7 Å². The first kappa shape index (κ1) is 37.5. The van der Waals surface area contributed by atoms with Crippen LogP contribution in [0.15, 0.2) is 182 Å². The Labute approximate surface area is 378 Å². The summed E-state index contributed by atoms with van der Waals surface area (Å²) in [4.78, 5) is 14.0. The Hall–Kier alpha value is -9.03. The molecule has 318 valence electrons. The molecule has 3 aliphatic rings. The fourth-order valence-corrected chi connectivity index (χ4v) is 9.33. The van der Waals surface area contributed by atoms with E-state index in [-0.39, 0.29) is 36.5 Å². The molecule has 0 saturated heterocycles. The number of rotatable bonds is 9. The van der Waals surface area contributed by atoms with Gasteiger partial charge >= 0.3 is 18.0 Å². The van der Waals surface area contributed by atoms with Gasteiger partial charge in [0.25, 0.3) is 0 Å². The highest BCUT2D eigenvalue weighted by Crippen LogP contribution is 2.42. The molecule has 13 rings (SSSR count). The van der Waals surface area contributed by atoms with Crippen molar-refractivity contribution in [3.8, 4) is 35.3 Å². The van der Waals surface area contributed by atoms with E-state index in [1.54, 1.807) is 0 Å². The lowest BCUT2D eigenvalue weighted by Crippen LogP contribution is -2.23. The molecule has 0 spiro atoms. The normalized spacial score (nSPS) is 14.0. The Morgan fingerprint density at radius 1 is 0.288 bits per heavy atom. The third-order valence-electron chi connectivity index (χ3n) is 12.3. The van der Waals surface area contributed by atoms with E-state index in [0.717, 1.165) is 67.0 Å². The molecule has 0 fully saturated rings. The molecule has 0 atom stereocenters. The van der Waals surface area contributed by atoms with Crippen LogP contribution >= 0.6 is 0 Å². The summed E-state index contributed by atoms with van der Waals surface area (Å²) >= 11 is 0. The number of nitrogens with one attached hydrogen (secondary N) is 6. The van der Waals surface area contributed by atoms with Crippen LogP contribution in [0.5, 0.6) is 35.3 Å². The summed E-state index contributed by atoms with van der Waals surface area (Å²) in [5, 5.41) is 28.9. The molecule has 0 saturated carbocycles. The van der Waals surface area contributed by atoms with Crippen LogP contribution in [-0.2, 0) is 0 Å². The van der Waals surface area contributed by atoms with Crippen molar-refractivity contribution in [1.82, 2.24) is 15.0 Å². The standard InChI is InChI=1S/C54H39N9O3/c1-16-34(49-55-40-22-4-10-31-11-5-23-41(56-49)46(31)40)28-37(19-1)64-52-61-53(65-38-20-2-17-35(29-38)50-57-42-24-6-12-32-13-7-25-43(58-50)47(32)42)63-54(62-52)66-39-21-3-18-36(30-39)51-59-44-26-8-14-33-15-9-27-45(60-51)48(33)44/h1-30,49-51,55-60H. The molecule has 6 N–H and O–H groups in total. The molecule has 12 heteroatoms. The third-order valence-corrected chi connectivity index (χ3v) is 12.3. The third kappa shape index (κ3) is 6.84. The maximum absolute atomic E-state index is 6.44. The molecule has 0 aliphatic carbocycles. The van der Waals surface area contributed by atoms with Gasteiger partial charge in [0.15, 0.2) is 0 Å². The summed E-state index contributed by atoms with van der Waals surface area (Å²) in [7, 11) is 0. The van der Waals surface area contributed by atoms with Crippen LogP contribution < -0.4 is 46.1 Å². The van der Waals surface area contributed by atoms with Crippen molar-refractivity contribution in [2.24, 2.45) is 0 Å². The molecular weight excluding hydrogens is 823 g/mol. The lowest BCUT2D eigenvalue weighted by molar-refractivity contribution is 0.361. The smallest absolute Gasteiger partial charge is 0.331 e. The predicted molar refractivity (Wildman–Crippen MR) is 261 cm³/mol. The van der Waals surface area contributed by atoms with Gasteiger partial charge in [-0.25, -0.2) is 0 Å². The first-order valence-corrected chi connectivity index (χ1v) is 21.8. The molecule has 12 nitrogen and oxygen atoms in total. The van der Waals surface area contributed by atoms with E-state index < -0.39 is 0 Å². The minimum absolute atomic E-state index is 0.000217. The summed E-state index contributed by atoms with van der Waals surface area (Å²) in [6, 6.07) is 61.2. The van der Waals surface area contributed by atoms with E-state index in [1.165, 1.54) is 16.2 Å². The van der Waals surface area contributed by atoms with Crippen LogP contribution in [0, 0.1) is 0 Å². The lowest BCUT2D eigenvalue weighted by atomic mass is 10.0. The van der Waals surface area contributed by atoms with Gasteiger partial charge < -0.3 is 46.1 Å². The SMILES string of the molecule is c1cc(Oc2nc(Oc3cccc(C4Nc5cccc6cccc(c56)N4)c3)nc(Oc3cccc(C4Nc5cccc6cccc(c56)N4)c3)n2)cc(C2Nc3cccc4cccc(c34)N2)c1. The highest BCUT2D eigenvalue weighted by Gasteiger charge is 2.25. The van der Waals surface area contributed by atoms with Crippen LogP contribution in [0.4, 0.5) is 34.1 Å². The molecule has 0 radical (unpaired) electrons. The summed E-state index contributed by atoms with van der Waals surface area (Å²) in [6.07, 6.45) is -0.642. The topological polar surface area (TPSA) is 139 Å². The highest BCUT2D eigenvalue weighted by molar-refractivity contribution is 6.06. The average molecular weight is 862 g/mol. The van der Waals surface area contributed by atoms with Crippen molar-refractivity contribution in [3.05, 3.63) is 199 Å². The Morgan fingerprint density at radius 2 is 0.530 bits per heavy atom. The van der Waals surface area contributed by atoms with E-state index >= 15 is 0 Å². The van der Waals surface area contributed by atoms with Crippen molar-refractivity contribution in [1.29, 1.82) is 0 Å². The number of hydrogen-bond acceptors (Lipinski definition) is 12. The van der Waals surface area contributed by atoms with E-state index in [4.69, 9.17) is 14.2 Å². The lowest BCUT2D eigenvalue weighted by Gasteiger charge is -2.30. The molecule has 0 amide bonds. The second-order valence-corrected chi connectivity index (χ2v) is 16.5. The number of nitrogens with zero attached hydrogens (tertiary/aromatic N) is 3. The Balaban J connectivity index is 0.805. The van der Waals surface area contributed by atoms with Crippen molar-refractivity contribution < 1.29 is 14.2 Å². The zero-order valence-corrected chi connectivity index (χ0v) is 35.1.